The van der Waals surface area contributed by atoms with Crippen LogP contribution in [0.5, 0.6) is 0 Å². The van der Waals surface area contributed by atoms with Crippen LogP contribution in [0, 0.1) is 5.92 Å². The molecule has 90 valence electrons. The average Bonchev–Trinajstić information content (AvgIpc) is 2.69. The van der Waals surface area contributed by atoms with Crippen LogP contribution in [0.25, 0.3) is 0 Å². The standard InChI is InChI=1S/C11H18N2O3/c1-7(2)9-5-10(14)13(11(15)12-9)8-3-4-16-6-8/h7-9H,3-6H2,1-2H3,(H,12,15). The molecule has 2 rings (SSSR count). The summed E-state index contributed by atoms with van der Waals surface area (Å²) in [6.45, 7) is 5.12. The molecular weight excluding hydrogens is 208 g/mol. The first kappa shape index (κ1) is 11.4. The number of hydrogen-bond donors (Lipinski definition) is 1. The fourth-order valence-corrected chi connectivity index (χ4v) is 2.18. The predicted molar refractivity (Wildman–Crippen MR) is 57.8 cm³/mol. The molecule has 1 N–H and O–H groups in total. The Morgan fingerprint density at radius 3 is 2.69 bits per heavy atom. The van der Waals surface area contributed by atoms with Gasteiger partial charge >= 0.3 is 6.03 Å². The van der Waals surface area contributed by atoms with E-state index in [2.05, 4.69) is 5.32 Å². The lowest BCUT2D eigenvalue weighted by atomic mass is 9.98. The molecule has 5 heteroatoms. The van der Waals surface area contributed by atoms with Gasteiger partial charge in [-0.2, -0.15) is 0 Å². The van der Waals surface area contributed by atoms with Crippen molar-refractivity contribution in [2.24, 2.45) is 5.92 Å². The molecular formula is C11H18N2O3. The molecule has 0 radical (unpaired) electrons. The van der Waals surface area contributed by atoms with Crippen LogP contribution in [0.3, 0.4) is 0 Å². The van der Waals surface area contributed by atoms with E-state index in [1.165, 1.54) is 4.90 Å². The Bertz CT molecular complexity index is 280. The van der Waals surface area contributed by atoms with E-state index in [9.17, 15) is 9.59 Å². The highest BCUT2D eigenvalue weighted by Gasteiger charge is 2.38. The number of nitrogens with zero attached hydrogens (tertiary/aromatic N) is 1. The first-order valence-electron chi connectivity index (χ1n) is 5.80. The number of carbonyl (C=O) groups excluding carboxylic acids is 2. The molecule has 2 aliphatic rings. The number of imide groups is 1. The minimum Gasteiger partial charge on any atom is -0.379 e. The van der Waals surface area contributed by atoms with E-state index in [4.69, 9.17) is 4.74 Å². The second kappa shape index (κ2) is 4.41. The van der Waals surface area contributed by atoms with Crippen LogP contribution in [0.2, 0.25) is 0 Å². The lowest BCUT2D eigenvalue weighted by molar-refractivity contribution is -0.132. The van der Waals surface area contributed by atoms with Gasteiger partial charge in [0, 0.05) is 19.1 Å². The molecule has 3 amide bonds. The summed E-state index contributed by atoms with van der Waals surface area (Å²) in [4.78, 5) is 25.1. The molecule has 0 spiro atoms. The fourth-order valence-electron chi connectivity index (χ4n) is 2.18. The Morgan fingerprint density at radius 1 is 1.44 bits per heavy atom. The SMILES string of the molecule is CC(C)C1CC(=O)N(C2CCOC2)C(=O)N1. The molecule has 0 aliphatic carbocycles. The van der Waals surface area contributed by atoms with Crippen molar-refractivity contribution >= 4 is 11.9 Å². The van der Waals surface area contributed by atoms with Crippen LogP contribution < -0.4 is 5.32 Å². The Labute approximate surface area is 95.1 Å². The highest BCUT2D eigenvalue weighted by molar-refractivity contribution is 5.97. The monoisotopic (exact) mass is 226 g/mol. The van der Waals surface area contributed by atoms with Crippen molar-refractivity contribution in [3.63, 3.8) is 0 Å². The van der Waals surface area contributed by atoms with E-state index in [0.29, 0.717) is 19.6 Å². The molecule has 5 nitrogen and oxygen atoms in total. The lowest BCUT2D eigenvalue weighted by Gasteiger charge is -2.35. The topological polar surface area (TPSA) is 58.6 Å². The quantitative estimate of drug-likeness (QED) is 0.755. The van der Waals surface area contributed by atoms with E-state index in [-0.39, 0.29) is 29.9 Å². The van der Waals surface area contributed by atoms with Crippen molar-refractivity contribution in [2.75, 3.05) is 13.2 Å². The van der Waals surface area contributed by atoms with Crippen LogP contribution in [0.15, 0.2) is 0 Å². The number of hydrogen-bond acceptors (Lipinski definition) is 3. The van der Waals surface area contributed by atoms with Gasteiger partial charge < -0.3 is 10.1 Å². The summed E-state index contributed by atoms with van der Waals surface area (Å²) in [6, 6.07) is -0.357. The third-order valence-corrected chi connectivity index (χ3v) is 3.27. The number of carbonyl (C=O) groups is 2. The first-order chi connectivity index (χ1) is 7.59. The molecule has 2 unspecified atom stereocenters. The van der Waals surface area contributed by atoms with Gasteiger partial charge in [0.2, 0.25) is 5.91 Å². The van der Waals surface area contributed by atoms with Gasteiger partial charge in [0.15, 0.2) is 0 Å². The number of amides is 3. The summed E-state index contributed by atoms with van der Waals surface area (Å²) >= 11 is 0. The summed E-state index contributed by atoms with van der Waals surface area (Å²) in [5.74, 6) is 0.216. The predicted octanol–water partition coefficient (Wildman–Crippen LogP) is 0.742. The number of ether oxygens (including phenoxy) is 1. The molecule has 2 aliphatic heterocycles. The molecule has 0 saturated carbocycles. The summed E-state index contributed by atoms with van der Waals surface area (Å²) < 4.78 is 5.21. The van der Waals surface area contributed by atoms with Gasteiger partial charge in [-0.15, -0.1) is 0 Å². The van der Waals surface area contributed by atoms with Gasteiger partial charge in [-0.05, 0) is 12.3 Å². The van der Waals surface area contributed by atoms with Crippen LogP contribution in [-0.2, 0) is 9.53 Å². The van der Waals surface area contributed by atoms with Crippen LogP contribution >= 0.6 is 0 Å². The zero-order chi connectivity index (χ0) is 11.7. The van der Waals surface area contributed by atoms with Crippen molar-refractivity contribution in [3.8, 4) is 0 Å². The molecule has 0 aromatic heterocycles. The first-order valence-corrected chi connectivity index (χ1v) is 5.80. The Balaban J connectivity index is 2.05. The van der Waals surface area contributed by atoms with E-state index >= 15 is 0 Å². The number of urea groups is 1. The lowest BCUT2D eigenvalue weighted by Crippen LogP contribution is -2.59. The van der Waals surface area contributed by atoms with Gasteiger partial charge in [-0.25, -0.2) is 4.79 Å². The Hall–Kier alpha value is -1.10. The molecule has 0 aromatic rings. The molecule has 0 aromatic carbocycles. The third-order valence-electron chi connectivity index (χ3n) is 3.27. The van der Waals surface area contributed by atoms with Crippen LogP contribution in [-0.4, -0.2) is 42.1 Å². The highest BCUT2D eigenvalue weighted by Crippen LogP contribution is 2.20. The van der Waals surface area contributed by atoms with Crippen molar-refractivity contribution in [3.05, 3.63) is 0 Å². The maximum Gasteiger partial charge on any atom is 0.324 e. The smallest absolute Gasteiger partial charge is 0.324 e. The maximum absolute atomic E-state index is 11.9. The van der Waals surface area contributed by atoms with Crippen molar-refractivity contribution in [1.29, 1.82) is 0 Å². The van der Waals surface area contributed by atoms with Gasteiger partial charge in [0.1, 0.15) is 0 Å². The number of nitrogens with one attached hydrogen (secondary N) is 1. The summed E-state index contributed by atoms with van der Waals surface area (Å²) in [7, 11) is 0. The van der Waals surface area contributed by atoms with Crippen molar-refractivity contribution in [2.45, 2.75) is 38.8 Å². The maximum atomic E-state index is 11.9. The summed E-state index contributed by atoms with van der Waals surface area (Å²) in [5, 5.41) is 2.88. The molecule has 2 atom stereocenters. The van der Waals surface area contributed by atoms with Crippen molar-refractivity contribution in [1.82, 2.24) is 10.2 Å². The zero-order valence-electron chi connectivity index (χ0n) is 9.73. The summed E-state index contributed by atoms with van der Waals surface area (Å²) in [5.41, 5.74) is 0. The van der Waals surface area contributed by atoms with Gasteiger partial charge in [-0.1, -0.05) is 13.8 Å². The molecule has 16 heavy (non-hydrogen) atoms. The Kier molecular flexibility index (Phi) is 3.14. The molecule has 0 bridgehead atoms. The minimum absolute atomic E-state index is 0.0291. The van der Waals surface area contributed by atoms with E-state index in [1.807, 2.05) is 13.8 Å². The van der Waals surface area contributed by atoms with Gasteiger partial charge in [0.25, 0.3) is 0 Å². The Morgan fingerprint density at radius 2 is 2.19 bits per heavy atom. The highest BCUT2D eigenvalue weighted by atomic mass is 16.5. The largest absolute Gasteiger partial charge is 0.379 e. The van der Waals surface area contributed by atoms with E-state index < -0.39 is 0 Å². The molecule has 2 saturated heterocycles. The minimum atomic E-state index is -0.259. The van der Waals surface area contributed by atoms with Gasteiger partial charge in [-0.3, -0.25) is 9.69 Å². The summed E-state index contributed by atoms with van der Waals surface area (Å²) in [6.07, 6.45) is 1.16. The van der Waals surface area contributed by atoms with Gasteiger partial charge in [0.05, 0.1) is 12.6 Å². The average molecular weight is 226 g/mol. The van der Waals surface area contributed by atoms with Crippen LogP contribution in [0.1, 0.15) is 26.7 Å². The van der Waals surface area contributed by atoms with E-state index in [0.717, 1.165) is 6.42 Å². The fraction of sp³-hybridized carbons (Fsp3) is 0.818. The van der Waals surface area contributed by atoms with Crippen LogP contribution in [0.4, 0.5) is 4.79 Å². The van der Waals surface area contributed by atoms with E-state index in [1.54, 1.807) is 0 Å². The molecule has 2 heterocycles. The van der Waals surface area contributed by atoms with Crippen molar-refractivity contribution < 1.29 is 14.3 Å². The zero-order valence-corrected chi connectivity index (χ0v) is 9.73. The number of rotatable bonds is 2. The second-order valence-electron chi connectivity index (χ2n) is 4.79. The molecule has 2 fully saturated rings. The second-order valence-corrected chi connectivity index (χ2v) is 4.79. The normalized spacial score (nSPS) is 31.1. The third kappa shape index (κ3) is 2.04.